The number of rotatable bonds is 7. The normalized spacial score (nSPS) is 14.5. The van der Waals surface area contributed by atoms with Crippen molar-refractivity contribution in [2.24, 2.45) is 0 Å². The number of thiocarbonyl (C=S) groups is 1. The van der Waals surface area contributed by atoms with Gasteiger partial charge < -0.3 is 9.47 Å². The number of nitrogens with zero attached hydrogens (tertiary/aromatic N) is 2. The molecular formula is C24H16Cl2N2O5S2. The second-order valence-electron chi connectivity index (χ2n) is 7.21. The summed E-state index contributed by atoms with van der Waals surface area (Å²) in [5, 5.41) is 12.5. The number of amides is 1. The van der Waals surface area contributed by atoms with E-state index in [0.29, 0.717) is 10.7 Å². The lowest BCUT2D eigenvalue weighted by molar-refractivity contribution is -0.385. The molecule has 1 heterocycles. The van der Waals surface area contributed by atoms with E-state index in [2.05, 4.69) is 0 Å². The summed E-state index contributed by atoms with van der Waals surface area (Å²) in [7, 11) is 1.43. The molecule has 35 heavy (non-hydrogen) atoms. The predicted molar refractivity (Wildman–Crippen MR) is 143 cm³/mol. The SMILES string of the molecule is COc1cc(/C=C2\SC(=S)N(c3ccc(Cl)cc3Cl)C2=O)c([N+](=O)[O-])cc1OCc1ccccc1. The minimum atomic E-state index is -0.544. The third kappa shape index (κ3) is 5.43. The van der Waals surface area contributed by atoms with Crippen LogP contribution in [-0.4, -0.2) is 22.3 Å². The van der Waals surface area contributed by atoms with Crippen molar-refractivity contribution < 1.29 is 19.2 Å². The number of hydrogen-bond donors (Lipinski definition) is 0. The van der Waals surface area contributed by atoms with Crippen LogP contribution >= 0.6 is 47.2 Å². The first kappa shape index (κ1) is 25.0. The third-order valence-corrected chi connectivity index (χ3v) is 6.82. The van der Waals surface area contributed by atoms with Crippen molar-refractivity contribution >= 4 is 74.9 Å². The first-order chi connectivity index (χ1) is 16.8. The molecule has 1 saturated heterocycles. The molecule has 0 N–H and O–H groups in total. The molecule has 3 aromatic carbocycles. The van der Waals surface area contributed by atoms with Crippen LogP contribution in [0.1, 0.15) is 11.1 Å². The standard InChI is InChI=1S/C24H16Cl2N2O5S2/c1-32-20-9-15(19(28(30)31)12-21(20)33-13-14-5-3-2-4-6-14)10-22-23(29)27(24(34)35-22)18-8-7-16(25)11-17(18)26/h2-12H,13H2,1H3/b22-10-. The number of benzene rings is 3. The van der Waals surface area contributed by atoms with E-state index in [1.807, 2.05) is 30.3 Å². The van der Waals surface area contributed by atoms with Crippen LogP contribution in [0.5, 0.6) is 11.5 Å². The van der Waals surface area contributed by atoms with Gasteiger partial charge in [-0.3, -0.25) is 19.8 Å². The van der Waals surface area contributed by atoms with Crippen molar-refractivity contribution in [1.82, 2.24) is 0 Å². The molecule has 0 saturated carbocycles. The van der Waals surface area contributed by atoms with Crippen LogP contribution < -0.4 is 14.4 Å². The number of carbonyl (C=O) groups is 1. The lowest BCUT2D eigenvalue weighted by Gasteiger charge is -2.16. The summed E-state index contributed by atoms with van der Waals surface area (Å²) in [6.07, 6.45) is 1.41. The zero-order valence-corrected chi connectivity index (χ0v) is 21.2. The summed E-state index contributed by atoms with van der Waals surface area (Å²) in [5.74, 6) is 0.0385. The minimum Gasteiger partial charge on any atom is -0.493 e. The molecule has 1 fully saturated rings. The zero-order chi connectivity index (χ0) is 25.1. The number of hydrogen-bond acceptors (Lipinski definition) is 7. The van der Waals surface area contributed by atoms with Crippen LogP contribution in [0.2, 0.25) is 10.0 Å². The fourth-order valence-corrected chi connectivity index (χ4v) is 5.09. The average molecular weight is 547 g/mol. The van der Waals surface area contributed by atoms with Crippen molar-refractivity contribution in [2.75, 3.05) is 12.0 Å². The molecule has 0 aromatic heterocycles. The number of nitro groups is 1. The van der Waals surface area contributed by atoms with Crippen LogP contribution in [0.3, 0.4) is 0 Å². The fourth-order valence-electron chi connectivity index (χ4n) is 3.33. The molecule has 1 amide bonds. The van der Waals surface area contributed by atoms with Gasteiger partial charge in [0.05, 0.1) is 39.3 Å². The molecule has 4 rings (SSSR count). The summed E-state index contributed by atoms with van der Waals surface area (Å²) in [5.41, 5.74) is 1.19. The lowest BCUT2D eigenvalue weighted by Crippen LogP contribution is -2.27. The summed E-state index contributed by atoms with van der Waals surface area (Å²) in [6.45, 7) is 0.203. The van der Waals surface area contributed by atoms with Crippen molar-refractivity contribution in [3.8, 4) is 11.5 Å². The number of anilines is 1. The number of thioether (sulfide) groups is 1. The molecule has 7 nitrogen and oxygen atoms in total. The number of halogens is 2. The Morgan fingerprint density at radius 1 is 1.11 bits per heavy atom. The van der Waals surface area contributed by atoms with Gasteiger partial charge >= 0.3 is 0 Å². The largest absolute Gasteiger partial charge is 0.493 e. The number of ether oxygens (including phenoxy) is 2. The average Bonchev–Trinajstić information content (AvgIpc) is 3.11. The Morgan fingerprint density at radius 2 is 1.86 bits per heavy atom. The highest BCUT2D eigenvalue weighted by Crippen LogP contribution is 2.42. The van der Waals surface area contributed by atoms with E-state index in [1.165, 1.54) is 36.3 Å². The lowest BCUT2D eigenvalue weighted by atomic mass is 10.1. The van der Waals surface area contributed by atoms with Gasteiger partial charge in [-0.15, -0.1) is 0 Å². The van der Waals surface area contributed by atoms with E-state index < -0.39 is 10.8 Å². The van der Waals surface area contributed by atoms with E-state index >= 15 is 0 Å². The van der Waals surface area contributed by atoms with Gasteiger partial charge in [-0.25, -0.2) is 0 Å². The molecule has 178 valence electrons. The quantitative estimate of drug-likeness (QED) is 0.138. The molecule has 0 spiro atoms. The van der Waals surface area contributed by atoms with Gasteiger partial charge in [0.1, 0.15) is 6.61 Å². The van der Waals surface area contributed by atoms with Crippen LogP contribution in [-0.2, 0) is 11.4 Å². The first-order valence-corrected chi connectivity index (χ1v) is 12.0. The van der Waals surface area contributed by atoms with Crippen molar-refractivity contribution in [1.29, 1.82) is 0 Å². The highest BCUT2D eigenvalue weighted by atomic mass is 35.5. The van der Waals surface area contributed by atoms with E-state index in [9.17, 15) is 14.9 Å². The maximum atomic E-state index is 13.2. The molecule has 0 bridgehead atoms. The smallest absolute Gasteiger partial charge is 0.280 e. The summed E-state index contributed by atoms with van der Waals surface area (Å²) in [6, 6.07) is 16.8. The van der Waals surface area contributed by atoms with Gasteiger partial charge in [-0.05, 0) is 35.9 Å². The van der Waals surface area contributed by atoms with E-state index in [0.717, 1.165) is 17.3 Å². The Morgan fingerprint density at radius 3 is 2.51 bits per heavy atom. The van der Waals surface area contributed by atoms with E-state index in [1.54, 1.807) is 12.1 Å². The molecule has 11 heteroatoms. The highest BCUT2D eigenvalue weighted by molar-refractivity contribution is 8.27. The molecular weight excluding hydrogens is 531 g/mol. The molecule has 0 radical (unpaired) electrons. The molecule has 0 unspecified atom stereocenters. The van der Waals surface area contributed by atoms with Crippen molar-refractivity contribution in [3.63, 3.8) is 0 Å². The summed E-state index contributed by atoms with van der Waals surface area (Å²) >= 11 is 18.6. The Labute approximate surface area is 220 Å². The molecule has 0 atom stereocenters. The van der Waals surface area contributed by atoms with E-state index in [-0.39, 0.29) is 43.6 Å². The molecule has 3 aromatic rings. The Hall–Kier alpha value is -3.11. The van der Waals surface area contributed by atoms with Gasteiger partial charge in [-0.2, -0.15) is 0 Å². The van der Waals surface area contributed by atoms with Gasteiger partial charge in [0.15, 0.2) is 15.8 Å². The highest BCUT2D eigenvalue weighted by Gasteiger charge is 2.35. The topological polar surface area (TPSA) is 81.9 Å². The molecule has 1 aliphatic rings. The van der Waals surface area contributed by atoms with Gasteiger partial charge in [-0.1, -0.05) is 77.5 Å². The summed E-state index contributed by atoms with van der Waals surface area (Å²) in [4.78, 5) is 25.9. The maximum absolute atomic E-state index is 13.2. The Bertz CT molecular complexity index is 1370. The van der Waals surface area contributed by atoms with Crippen LogP contribution in [0.4, 0.5) is 11.4 Å². The minimum absolute atomic E-state index is 0.168. The summed E-state index contributed by atoms with van der Waals surface area (Å²) < 4.78 is 11.4. The van der Waals surface area contributed by atoms with E-state index in [4.69, 9.17) is 44.9 Å². The zero-order valence-electron chi connectivity index (χ0n) is 18.1. The second-order valence-corrected chi connectivity index (χ2v) is 9.73. The van der Waals surface area contributed by atoms with Crippen LogP contribution in [0.25, 0.3) is 6.08 Å². The maximum Gasteiger partial charge on any atom is 0.280 e. The van der Waals surface area contributed by atoms with Gasteiger partial charge in [0, 0.05) is 5.02 Å². The number of carbonyl (C=O) groups excluding carboxylic acids is 1. The van der Waals surface area contributed by atoms with Gasteiger partial charge in [0.2, 0.25) is 0 Å². The Kier molecular flexibility index (Phi) is 7.61. The van der Waals surface area contributed by atoms with Crippen LogP contribution in [0, 0.1) is 10.1 Å². The fraction of sp³-hybridized carbons (Fsp3) is 0.0833. The molecule has 0 aliphatic carbocycles. The second kappa shape index (κ2) is 10.7. The van der Waals surface area contributed by atoms with Crippen molar-refractivity contribution in [3.05, 3.63) is 96.9 Å². The monoisotopic (exact) mass is 546 g/mol. The van der Waals surface area contributed by atoms with Gasteiger partial charge in [0.25, 0.3) is 11.6 Å². The van der Waals surface area contributed by atoms with Crippen LogP contribution in [0.15, 0.2) is 65.6 Å². The number of methoxy groups -OCH3 is 1. The first-order valence-electron chi connectivity index (χ1n) is 10.0. The van der Waals surface area contributed by atoms with Crippen molar-refractivity contribution in [2.45, 2.75) is 6.61 Å². The third-order valence-electron chi connectivity index (χ3n) is 4.98. The Balaban J connectivity index is 1.68. The predicted octanol–water partition coefficient (Wildman–Crippen LogP) is 6.90. The molecule has 1 aliphatic heterocycles. The number of nitro benzene ring substituents is 1.